The van der Waals surface area contributed by atoms with Gasteiger partial charge in [-0.05, 0) is 41.7 Å². The smallest absolute Gasteiger partial charge is 0.187 e. The molecule has 5 aromatic rings. The topological polar surface area (TPSA) is 83.1 Å². The van der Waals surface area contributed by atoms with E-state index in [1.165, 1.54) is 0 Å². The molecule has 7 rings (SSSR count). The second-order valence-electron chi connectivity index (χ2n) is 14.9. The van der Waals surface area contributed by atoms with Crippen molar-refractivity contribution in [2.75, 3.05) is 6.61 Å². The monoisotopic (exact) mass is 800 g/mol. The van der Waals surface area contributed by atoms with Crippen LogP contribution < -0.4 is 0 Å². The summed E-state index contributed by atoms with van der Waals surface area (Å²) in [5.74, 6) is 0. The molecule has 9 heteroatoms. The molecule has 0 radical (unpaired) electrons. The van der Waals surface area contributed by atoms with E-state index < -0.39 is 61.4 Å². The lowest BCUT2D eigenvalue weighted by atomic mass is 9.96. The van der Waals surface area contributed by atoms with Crippen LogP contribution in [0, 0.1) is 0 Å². The highest BCUT2D eigenvalue weighted by molar-refractivity contribution is 5.17. The van der Waals surface area contributed by atoms with Crippen LogP contribution in [0.4, 0.5) is 0 Å². The van der Waals surface area contributed by atoms with Crippen LogP contribution in [-0.4, -0.2) is 68.0 Å². The maximum Gasteiger partial charge on any atom is 0.187 e. The summed E-state index contributed by atoms with van der Waals surface area (Å²) in [5.41, 5.74) is 5.09. The van der Waals surface area contributed by atoms with Gasteiger partial charge in [0, 0.05) is 0 Å². The van der Waals surface area contributed by atoms with Gasteiger partial charge in [0.15, 0.2) is 12.6 Å². The summed E-state index contributed by atoms with van der Waals surface area (Å²) in [5, 5.41) is 0. The normalized spacial score (nSPS) is 26.9. The summed E-state index contributed by atoms with van der Waals surface area (Å²) in [6.07, 6.45) is -4.76. The molecule has 0 spiro atoms. The van der Waals surface area contributed by atoms with Crippen molar-refractivity contribution in [1.29, 1.82) is 0 Å². The zero-order chi connectivity index (χ0) is 40.7. The molecule has 0 aliphatic carbocycles. The minimum atomic E-state index is -0.912. The Balaban J connectivity index is 1.21. The summed E-state index contributed by atoms with van der Waals surface area (Å²) in [6, 6.07) is 50.3. The maximum absolute atomic E-state index is 7.16. The Bertz CT molecular complexity index is 1920. The summed E-state index contributed by atoms with van der Waals surface area (Å²) in [6.45, 7) is 9.72. The Morgan fingerprint density at radius 1 is 0.390 bits per heavy atom. The molecule has 5 aromatic carbocycles. The fourth-order valence-corrected chi connectivity index (χ4v) is 7.49. The molecule has 59 heavy (non-hydrogen) atoms. The van der Waals surface area contributed by atoms with Crippen LogP contribution in [0.15, 0.2) is 164 Å². The van der Waals surface area contributed by atoms with E-state index in [9.17, 15) is 0 Å². The number of rotatable bonds is 20. The third-order valence-electron chi connectivity index (χ3n) is 10.6. The molecule has 10 atom stereocenters. The number of ether oxygens (including phenoxy) is 9. The van der Waals surface area contributed by atoms with Crippen LogP contribution in [0.5, 0.6) is 0 Å². The van der Waals surface area contributed by atoms with E-state index in [1.54, 1.807) is 6.08 Å². The van der Waals surface area contributed by atoms with E-state index in [-0.39, 0.29) is 6.61 Å². The predicted octanol–water partition coefficient (Wildman–Crippen LogP) is 8.99. The van der Waals surface area contributed by atoms with E-state index in [2.05, 4.69) is 6.58 Å². The highest BCUT2D eigenvalue weighted by atomic mass is 16.8. The van der Waals surface area contributed by atoms with Crippen LogP contribution in [-0.2, 0) is 75.7 Å². The van der Waals surface area contributed by atoms with Crippen molar-refractivity contribution in [2.24, 2.45) is 0 Å². The Hall–Kier alpha value is -4.52. The number of hydrogen-bond acceptors (Lipinski definition) is 9. The lowest BCUT2D eigenvalue weighted by molar-refractivity contribution is -0.369. The SMILES string of the molecule is C=CCO[C@H]1O[C@H](C)[C@H](O[C@@H]2O[C@H](C)[C@H](OCc3ccccc3)[C@H](OCc3ccccc3)[C@H]2OCc2ccccc2)[C@H](OCc2ccccc2)[C@H]1OCc1ccccc1. The molecule has 0 saturated carbocycles. The molecule has 310 valence electrons. The van der Waals surface area contributed by atoms with Crippen molar-refractivity contribution in [3.8, 4) is 0 Å². The van der Waals surface area contributed by atoms with Gasteiger partial charge >= 0.3 is 0 Å². The minimum Gasteiger partial charge on any atom is -0.368 e. The minimum absolute atomic E-state index is 0.267. The van der Waals surface area contributed by atoms with Gasteiger partial charge in [-0.25, -0.2) is 0 Å². The molecule has 2 heterocycles. The van der Waals surface area contributed by atoms with Gasteiger partial charge in [-0.2, -0.15) is 0 Å². The van der Waals surface area contributed by atoms with Gasteiger partial charge in [0.1, 0.15) is 36.6 Å². The summed E-state index contributed by atoms with van der Waals surface area (Å²) in [7, 11) is 0. The van der Waals surface area contributed by atoms with Gasteiger partial charge < -0.3 is 42.6 Å². The van der Waals surface area contributed by atoms with Crippen molar-refractivity contribution in [3.63, 3.8) is 0 Å². The first-order valence-electron chi connectivity index (χ1n) is 20.5. The molecule has 2 fully saturated rings. The number of benzene rings is 5. The Morgan fingerprint density at radius 2 is 0.695 bits per heavy atom. The standard InChI is InChI=1S/C50H56O9/c1-4-30-51-49-47(55-34-41-26-16-8-17-27-41)46(54-33-40-24-14-7-15-25-40)44(37(3)57-49)59-50-48(56-35-42-28-18-9-19-29-42)45(53-32-39-22-12-6-13-23-39)43(36(2)58-50)52-31-38-20-10-5-11-21-38/h4-29,36-37,43-50H,1,30-35H2,2-3H3/t36-,37-,43+,44+,45+,46+,47-,48-,49+,50+/m1/s1. The summed E-state index contributed by atoms with van der Waals surface area (Å²) < 4.78 is 60.8. The number of hydrogen-bond donors (Lipinski definition) is 0. The fourth-order valence-electron chi connectivity index (χ4n) is 7.49. The molecule has 2 aliphatic heterocycles. The largest absolute Gasteiger partial charge is 0.368 e. The van der Waals surface area contributed by atoms with Crippen LogP contribution >= 0.6 is 0 Å². The third-order valence-corrected chi connectivity index (χ3v) is 10.6. The first-order valence-corrected chi connectivity index (χ1v) is 20.5. The molecule has 9 nitrogen and oxygen atoms in total. The highest BCUT2D eigenvalue weighted by Crippen LogP contribution is 2.36. The zero-order valence-electron chi connectivity index (χ0n) is 33.9. The third kappa shape index (κ3) is 12.0. The lowest BCUT2D eigenvalue weighted by Gasteiger charge is -2.49. The van der Waals surface area contributed by atoms with Gasteiger partial charge in [-0.3, -0.25) is 0 Å². The molecule has 2 saturated heterocycles. The van der Waals surface area contributed by atoms with Crippen molar-refractivity contribution in [3.05, 3.63) is 192 Å². The molecular formula is C50H56O9. The Labute approximate surface area is 348 Å². The second-order valence-corrected chi connectivity index (χ2v) is 14.9. The average molecular weight is 801 g/mol. The van der Waals surface area contributed by atoms with Crippen molar-refractivity contribution < 1.29 is 42.6 Å². The zero-order valence-corrected chi connectivity index (χ0v) is 33.9. The summed E-state index contributed by atoms with van der Waals surface area (Å²) >= 11 is 0. The first-order chi connectivity index (χ1) is 29.1. The average Bonchev–Trinajstić information content (AvgIpc) is 3.28. The van der Waals surface area contributed by atoms with Gasteiger partial charge in [0.05, 0.1) is 51.8 Å². The van der Waals surface area contributed by atoms with Gasteiger partial charge in [-0.15, -0.1) is 6.58 Å². The predicted molar refractivity (Wildman–Crippen MR) is 225 cm³/mol. The Kier molecular flexibility index (Phi) is 16.0. The molecule has 0 unspecified atom stereocenters. The summed E-state index contributed by atoms with van der Waals surface area (Å²) in [4.78, 5) is 0. The molecular weight excluding hydrogens is 745 g/mol. The van der Waals surface area contributed by atoms with E-state index in [1.807, 2.05) is 166 Å². The molecule has 0 amide bonds. The molecule has 2 aliphatic rings. The molecule has 0 N–H and O–H groups in total. The van der Waals surface area contributed by atoms with E-state index >= 15 is 0 Å². The Morgan fingerprint density at radius 3 is 1.08 bits per heavy atom. The van der Waals surface area contributed by atoms with Crippen molar-refractivity contribution >= 4 is 0 Å². The van der Waals surface area contributed by atoms with Gasteiger partial charge in [0.25, 0.3) is 0 Å². The lowest BCUT2D eigenvalue weighted by Crippen LogP contribution is -2.65. The maximum atomic E-state index is 7.16. The quantitative estimate of drug-likeness (QED) is 0.0717. The van der Waals surface area contributed by atoms with Gasteiger partial charge in [-0.1, -0.05) is 158 Å². The van der Waals surface area contributed by atoms with Gasteiger partial charge in [0.2, 0.25) is 0 Å². The second kappa shape index (κ2) is 22.2. The highest BCUT2D eigenvalue weighted by Gasteiger charge is 2.53. The van der Waals surface area contributed by atoms with Crippen LogP contribution in [0.25, 0.3) is 0 Å². The van der Waals surface area contributed by atoms with Crippen LogP contribution in [0.2, 0.25) is 0 Å². The van der Waals surface area contributed by atoms with E-state index in [0.29, 0.717) is 33.0 Å². The van der Waals surface area contributed by atoms with E-state index in [0.717, 1.165) is 27.8 Å². The van der Waals surface area contributed by atoms with Crippen LogP contribution in [0.3, 0.4) is 0 Å². The molecule has 0 aromatic heterocycles. The van der Waals surface area contributed by atoms with E-state index in [4.69, 9.17) is 42.6 Å². The fraction of sp³-hybridized carbons (Fsp3) is 0.360. The van der Waals surface area contributed by atoms with Crippen LogP contribution in [0.1, 0.15) is 41.7 Å². The first kappa shape index (κ1) is 42.6. The van der Waals surface area contributed by atoms with Crippen molar-refractivity contribution in [2.45, 2.75) is 108 Å². The van der Waals surface area contributed by atoms with Crippen molar-refractivity contribution in [1.82, 2.24) is 0 Å². The molecule has 0 bridgehead atoms.